The lowest BCUT2D eigenvalue weighted by molar-refractivity contribution is -0.118. The zero-order chi connectivity index (χ0) is 35.1. The van der Waals surface area contributed by atoms with Crippen molar-refractivity contribution in [3.05, 3.63) is 114 Å². The third-order valence-corrected chi connectivity index (χ3v) is 10.0. The quantitative estimate of drug-likeness (QED) is 0.152. The second-order valence-electron chi connectivity index (χ2n) is 10.2. The SMILES string of the molecule is C.CNC(=O)c1ccccc1S(=O)(=O)NCC(=O)Nc1ccc(O)cc1.O=C(Cc1ccc(O)cc1)CN1C(=O)c2ccccc2S1(=O)=O. The van der Waals surface area contributed by atoms with Crippen molar-refractivity contribution in [3.8, 4) is 11.5 Å². The van der Waals surface area contributed by atoms with E-state index in [9.17, 15) is 46.2 Å². The second-order valence-corrected chi connectivity index (χ2v) is 13.8. The van der Waals surface area contributed by atoms with E-state index in [4.69, 9.17) is 0 Å². The zero-order valence-corrected chi connectivity index (χ0v) is 26.9. The molecule has 1 aliphatic rings. The van der Waals surface area contributed by atoms with Crippen LogP contribution in [0.25, 0.3) is 0 Å². The van der Waals surface area contributed by atoms with Crippen molar-refractivity contribution in [2.75, 3.05) is 25.5 Å². The molecule has 0 bridgehead atoms. The predicted molar refractivity (Wildman–Crippen MR) is 180 cm³/mol. The summed E-state index contributed by atoms with van der Waals surface area (Å²) in [6.45, 7) is -1.01. The molecule has 3 amide bonds. The fourth-order valence-corrected chi connectivity index (χ4v) is 7.19. The van der Waals surface area contributed by atoms with Crippen LogP contribution in [-0.4, -0.2) is 75.0 Å². The first-order valence-corrected chi connectivity index (χ1v) is 17.0. The molecule has 0 fully saturated rings. The van der Waals surface area contributed by atoms with Gasteiger partial charge in [-0.05, 0) is 66.2 Å². The molecule has 0 unspecified atom stereocenters. The van der Waals surface area contributed by atoms with Crippen LogP contribution in [0.15, 0.2) is 107 Å². The molecule has 0 aromatic heterocycles. The number of aromatic hydroxyl groups is 2. The Morgan fingerprint density at radius 1 is 0.816 bits per heavy atom. The molecule has 49 heavy (non-hydrogen) atoms. The van der Waals surface area contributed by atoms with Gasteiger partial charge in [0.1, 0.15) is 16.4 Å². The van der Waals surface area contributed by atoms with Gasteiger partial charge in [0.15, 0.2) is 5.78 Å². The highest BCUT2D eigenvalue weighted by Crippen LogP contribution is 2.29. The maximum Gasteiger partial charge on any atom is 0.269 e. The maximum atomic E-state index is 12.4. The summed E-state index contributed by atoms with van der Waals surface area (Å²) in [5.41, 5.74) is 1.11. The number of hydrogen-bond acceptors (Lipinski definition) is 10. The first-order chi connectivity index (χ1) is 22.7. The van der Waals surface area contributed by atoms with E-state index in [1.807, 2.05) is 0 Å². The summed E-state index contributed by atoms with van der Waals surface area (Å²) in [5.74, 6) is -2.10. The summed E-state index contributed by atoms with van der Waals surface area (Å²) < 4.78 is 52.2. The number of anilines is 1. The fourth-order valence-electron chi connectivity index (χ4n) is 4.46. The van der Waals surface area contributed by atoms with Crippen molar-refractivity contribution in [2.45, 2.75) is 23.6 Å². The predicted octanol–water partition coefficient (Wildman–Crippen LogP) is 2.65. The fraction of sp³-hybridized carbons (Fsp3) is 0.152. The van der Waals surface area contributed by atoms with Crippen molar-refractivity contribution in [2.24, 2.45) is 0 Å². The number of Topliss-reactive ketones (excluding diaryl/α,β-unsaturated/α-hetero) is 1. The largest absolute Gasteiger partial charge is 0.508 e. The number of fused-ring (bicyclic) bond motifs is 1. The van der Waals surface area contributed by atoms with E-state index in [-0.39, 0.29) is 46.3 Å². The number of phenols is 2. The van der Waals surface area contributed by atoms with Crippen LogP contribution in [-0.2, 0) is 36.1 Å². The number of sulfonamides is 2. The number of nitrogens with one attached hydrogen (secondary N) is 3. The first kappa shape index (κ1) is 37.9. The van der Waals surface area contributed by atoms with E-state index in [1.165, 1.54) is 79.8 Å². The monoisotopic (exact) mass is 710 g/mol. The van der Waals surface area contributed by atoms with Gasteiger partial charge in [0.2, 0.25) is 15.9 Å². The molecule has 5 rings (SSSR count). The van der Waals surface area contributed by atoms with Gasteiger partial charge in [0, 0.05) is 19.2 Å². The third kappa shape index (κ3) is 9.28. The number of phenolic OH excluding ortho intramolecular Hbond substituents is 2. The van der Waals surface area contributed by atoms with Gasteiger partial charge in [0.05, 0.1) is 29.1 Å². The average molecular weight is 711 g/mol. The molecule has 0 radical (unpaired) electrons. The molecule has 0 saturated carbocycles. The number of carbonyl (C=O) groups excluding carboxylic acids is 4. The minimum absolute atomic E-state index is 0. The summed E-state index contributed by atoms with van der Waals surface area (Å²) in [6, 6.07) is 23.3. The highest BCUT2D eigenvalue weighted by Gasteiger charge is 2.41. The van der Waals surface area contributed by atoms with Crippen molar-refractivity contribution in [1.82, 2.24) is 14.3 Å². The molecule has 5 N–H and O–H groups in total. The number of amides is 3. The van der Waals surface area contributed by atoms with Gasteiger partial charge in [-0.3, -0.25) is 19.2 Å². The summed E-state index contributed by atoms with van der Waals surface area (Å²) >= 11 is 0. The van der Waals surface area contributed by atoms with E-state index in [2.05, 4.69) is 15.4 Å². The zero-order valence-electron chi connectivity index (χ0n) is 25.3. The van der Waals surface area contributed by atoms with Crippen molar-refractivity contribution < 1.29 is 46.2 Å². The molecule has 16 heteroatoms. The van der Waals surface area contributed by atoms with E-state index in [0.717, 1.165) is 0 Å². The van der Waals surface area contributed by atoms with E-state index in [0.29, 0.717) is 15.6 Å². The Bertz CT molecular complexity index is 2070. The number of benzene rings is 4. The molecule has 1 aliphatic heterocycles. The van der Waals surface area contributed by atoms with Gasteiger partial charge in [-0.15, -0.1) is 0 Å². The second kappa shape index (κ2) is 16.0. The molecule has 0 spiro atoms. The Morgan fingerprint density at radius 2 is 1.39 bits per heavy atom. The Balaban J connectivity index is 0.000000261. The summed E-state index contributed by atoms with van der Waals surface area (Å²) in [5, 5.41) is 23.2. The van der Waals surface area contributed by atoms with Crippen LogP contribution in [0.3, 0.4) is 0 Å². The number of ketones is 1. The summed E-state index contributed by atoms with van der Waals surface area (Å²) in [6.07, 6.45) is -0.0179. The molecule has 14 nitrogen and oxygen atoms in total. The van der Waals surface area contributed by atoms with Crippen LogP contribution in [0.2, 0.25) is 0 Å². The van der Waals surface area contributed by atoms with Gasteiger partial charge in [-0.2, -0.15) is 0 Å². The third-order valence-electron chi connectivity index (χ3n) is 6.79. The molecular weight excluding hydrogens is 677 g/mol. The standard InChI is InChI=1S/C16H17N3O5S.C16H13NO5S.CH4/c1-17-16(22)13-4-2-3-5-14(13)25(23,24)18-10-15(21)19-11-6-8-12(20)9-7-11;18-12-7-5-11(6-8-12)9-13(19)10-17-16(20)14-3-1-2-4-15(14)23(17,21)22;/h2-9,18,20H,10H2,1H3,(H,17,22)(H,19,21);1-8,18H,9-10H2;1H4. The van der Waals surface area contributed by atoms with Gasteiger partial charge in [0.25, 0.3) is 21.8 Å². The number of rotatable bonds is 10. The number of nitrogens with zero attached hydrogens (tertiary/aromatic N) is 1. The highest BCUT2D eigenvalue weighted by molar-refractivity contribution is 7.90. The smallest absolute Gasteiger partial charge is 0.269 e. The Kier molecular flexibility index (Phi) is 12.4. The van der Waals surface area contributed by atoms with Crippen LogP contribution < -0.4 is 15.4 Å². The first-order valence-electron chi connectivity index (χ1n) is 14.1. The highest BCUT2D eigenvalue weighted by atomic mass is 32.2. The van der Waals surface area contributed by atoms with Crippen molar-refractivity contribution in [3.63, 3.8) is 0 Å². The average Bonchev–Trinajstić information content (AvgIpc) is 3.26. The van der Waals surface area contributed by atoms with Crippen LogP contribution in [0, 0.1) is 0 Å². The van der Waals surface area contributed by atoms with Crippen LogP contribution in [0.4, 0.5) is 5.69 Å². The van der Waals surface area contributed by atoms with Crippen molar-refractivity contribution >= 4 is 49.2 Å². The lowest BCUT2D eigenvalue weighted by atomic mass is 10.1. The normalized spacial score (nSPS) is 12.8. The lowest BCUT2D eigenvalue weighted by Gasteiger charge is -2.14. The van der Waals surface area contributed by atoms with Gasteiger partial charge >= 0.3 is 0 Å². The van der Waals surface area contributed by atoms with Gasteiger partial charge in [-0.1, -0.05) is 43.8 Å². The van der Waals surface area contributed by atoms with Gasteiger partial charge < -0.3 is 20.8 Å². The Morgan fingerprint density at radius 3 is 2.00 bits per heavy atom. The Hall–Kier alpha value is -5.58. The lowest BCUT2D eigenvalue weighted by Crippen LogP contribution is -2.35. The molecule has 0 atom stereocenters. The van der Waals surface area contributed by atoms with Gasteiger partial charge in [-0.25, -0.2) is 25.9 Å². The summed E-state index contributed by atoms with van der Waals surface area (Å²) in [4.78, 5) is 47.7. The summed E-state index contributed by atoms with van der Waals surface area (Å²) in [7, 11) is -6.63. The minimum Gasteiger partial charge on any atom is -0.508 e. The molecule has 4 aromatic carbocycles. The molecule has 4 aromatic rings. The van der Waals surface area contributed by atoms with Crippen molar-refractivity contribution in [1.29, 1.82) is 0 Å². The van der Waals surface area contributed by atoms with Crippen LogP contribution in [0.5, 0.6) is 11.5 Å². The Labute approximate surface area is 283 Å². The molecule has 1 heterocycles. The molecule has 258 valence electrons. The minimum atomic E-state index is -4.05. The molecule has 0 aliphatic carbocycles. The van der Waals surface area contributed by atoms with E-state index < -0.39 is 56.6 Å². The molecular formula is C33H34N4O10S2. The van der Waals surface area contributed by atoms with E-state index >= 15 is 0 Å². The van der Waals surface area contributed by atoms with Crippen LogP contribution >= 0.6 is 0 Å². The van der Waals surface area contributed by atoms with Crippen LogP contribution in [0.1, 0.15) is 33.7 Å². The topological polar surface area (TPSA) is 216 Å². The molecule has 0 saturated heterocycles. The number of carbonyl (C=O) groups is 4. The maximum absolute atomic E-state index is 12.4. The van der Waals surface area contributed by atoms with E-state index in [1.54, 1.807) is 24.3 Å². The number of hydrogen-bond donors (Lipinski definition) is 5.